The van der Waals surface area contributed by atoms with Crippen LogP contribution >= 0.6 is 0 Å². The van der Waals surface area contributed by atoms with Crippen LogP contribution in [0.15, 0.2) is 30.9 Å². The summed E-state index contributed by atoms with van der Waals surface area (Å²) in [5, 5.41) is 4.35. The predicted octanol–water partition coefficient (Wildman–Crippen LogP) is 0.648. The lowest BCUT2D eigenvalue weighted by molar-refractivity contribution is 0.106. The highest BCUT2D eigenvalue weighted by Crippen LogP contribution is 2.29. The smallest absolute Gasteiger partial charge is 0.225 e. The van der Waals surface area contributed by atoms with E-state index in [1.54, 1.807) is 0 Å². The van der Waals surface area contributed by atoms with Crippen molar-refractivity contribution in [1.82, 2.24) is 29.5 Å². The summed E-state index contributed by atoms with van der Waals surface area (Å²) in [5.41, 5.74) is 1.29. The zero-order chi connectivity index (χ0) is 17.2. The Kier molecular flexibility index (Phi) is 4.67. The van der Waals surface area contributed by atoms with Crippen LogP contribution in [-0.4, -0.2) is 81.4 Å². The Morgan fingerprint density at radius 3 is 2.48 bits per heavy atom. The van der Waals surface area contributed by atoms with E-state index in [-0.39, 0.29) is 0 Å². The number of piperazine rings is 1. The molecule has 0 unspecified atom stereocenters. The molecule has 2 aliphatic rings. The van der Waals surface area contributed by atoms with Crippen molar-refractivity contribution in [3.05, 3.63) is 36.4 Å². The largest absolute Gasteiger partial charge is 0.336 e. The van der Waals surface area contributed by atoms with Gasteiger partial charge in [0.25, 0.3) is 0 Å². The van der Waals surface area contributed by atoms with Gasteiger partial charge in [0.15, 0.2) is 0 Å². The Hall–Kier alpha value is -1.99. The maximum atomic E-state index is 4.52. The summed E-state index contributed by atoms with van der Waals surface area (Å²) in [4.78, 5) is 16.5. The highest BCUT2D eigenvalue weighted by atomic mass is 15.4. The fraction of sp³-hybridized carbons (Fsp3) is 0.611. The van der Waals surface area contributed by atoms with Gasteiger partial charge in [-0.3, -0.25) is 9.58 Å². The predicted molar refractivity (Wildman–Crippen MR) is 97.6 cm³/mol. The Morgan fingerprint density at radius 1 is 1.04 bits per heavy atom. The Balaban J connectivity index is 1.57. The molecular weight excluding hydrogens is 314 g/mol. The van der Waals surface area contributed by atoms with Crippen LogP contribution in [0.2, 0.25) is 0 Å². The lowest BCUT2D eigenvalue weighted by Gasteiger charge is -2.39. The van der Waals surface area contributed by atoms with Gasteiger partial charge in [-0.05, 0) is 31.5 Å². The molecule has 0 bridgehead atoms. The minimum atomic E-state index is 0.398. The van der Waals surface area contributed by atoms with Crippen LogP contribution < -0.4 is 4.90 Å². The molecular formula is C18H27N7. The van der Waals surface area contributed by atoms with Gasteiger partial charge in [0, 0.05) is 64.4 Å². The highest BCUT2D eigenvalue weighted by molar-refractivity contribution is 5.35. The van der Waals surface area contributed by atoms with Gasteiger partial charge < -0.3 is 9.80 Å². The van der Waals surface area contributed by atoms with Crippen LogP contribution in [0.25, 0.3) is 0 Å². The van der Waals surface area contributed by atoms with Gasteiger partial charge >= 0.3 is 0 Å². The molecule has 0 amide bonds. The van der Waals surface area contributed by atoms with E-state index in [1.165, 1.54) is 12.0 Å². The van der Waals surface area contributed by atoms with Crippen molar-refractivity contribution in [2.45, 2.75) is 24.9 Å². The Labute approximate surface area is 149 Å². The molecule has 2 aromatic rings. The molecule has 0 spiro atoms. The van der Waals surface area contributed by atoms with Crippen LogP contribution in [0.5, 0.6) is 0 Å². The first-order valence-corrected chi connectivity index (χ1v) is 9.14. The fourth-order valence-electron chi connectivity index (χ4n) is 4.17. The van der Waals surface area contributed by atoms with E-state index in [9.17, 15) is 0 Å². The summed E-state index contributed by atoms with van der Waals surface area (Å²) in [6, 6.07) is 2.83. The molecule has 0 saturated carbocycles. The van der Waals surface area contributed by atoms with E-state index in [2.05, 4.69) is 43.0 Å². The first-order chi connectivity index (χ1) is 12.2. The molecule has 2 aliphatic heterocycles. The number of hydrogen-bond acceptors (Lipinski definition) is 6. The number of hydrogen-bond donors (Lipinski definition) is 0. The van der Waals surface area contributed by atoms with E-state index < -0.39 is 0 Å². The maximum Gasteiger partial charge on any atom is 0.225 e. The van der Waals surface area contributed by atoms with Crippen LogP contribution in [0.1, 0.15) is 12.0 Å². The molecule has 0 aliphatic carbocycles. The summed E-state index contributed by atoms with van der Waals surface area (Å²) in [7, 11) is 4.19. The molecule has 2 atom stereocenters. The van der Waals surface area contributed by atoms with Crippen LogP contribution in [0.3, 0.4) is 0 Å². The SMILES string of the molecule is CN1CCN([C@@H]2CCN(c3ncccn3)[C@H]2Cc2cnn(C)c2)CC1. The molecule has 7 nitrogen and oxygen atoms in total. The van der Waals surface area contributed by atoms with E-state index >= 15 is 0 Å². The first kappa shape index (κ1) is 16.5. The number of rotatable bonds is 4. The van der Waals surface area contributed by atoms with E-state index in [0.717, 1.165) is 45.1 Å². The van der Waals surface area contributed by atoms with Crippen molar-refractivity contribution in [1.29, 1.82) is 0 Å². The number of aromatic nitrogens is 4. The van der Waals surface area contributed by atoms with Gasteiger partial charge in [0.05, 0.1) is 12.2 Å². The minimum Gasteiger partial charge on any atom is -0.336 e. The number of aryl methyl sites for hydroxylation is 1. The monoisotopic (exact) mass is 341 g/mol. The van der Waals surface area contributed by atoms with Crippen molar-refractivity contribution < 1.29 is 0 Å². The Bertz CT molecular complexity index is 678. The van der Waals surface area contributed by atoms with Gasteiger partial charge in [0.2, 0.25) is 5.95 Å². The third-order valence-electron chi connectivity index (χ3n) is 5.53. The fourth-order valence-corrected chi connectivity index (χ4v) is 4.17. The minimum absolute atomic E-state index is 0.398. The zero-order valence-electron chi connectivity index (χ0n) is 15.1. The van der Waals surface area contributed by atoms with Crippen molar-refractivity contribution in [2.24, 2.45) is 7.05 Å². The molecule has 2 aromatic heterocycles. The molecule has 2 fully saturated rings. The first-order valence-electron chi connectivity index (χ1n) is 9.14. The van der Waals surface area contributed by atoms with E-state index in [0.29, 0.717) is 12.1 Å². The van der Waals surface area contributed by atoms with Gasteiger partial charge in [-0.2, -0.15) is 5.10 Å². The van der Waals surface area contributed by atoms with Gasteiger partial charge in [-0.15, -0.1) is 0 Å². The van der Waals surface area contributed by atoms with E-state index in [4.69, 9.17) is 0 Å². The number of anilines is 1. The molecule has 0 aromatic carbocycles. The molecule has 7 heteroatoms. The standard InChI is InChI=1S/C18H27N7/c1-22-8-10-24(11-9-22)16-4-7-25(18-19-5-3-6-20-18)17(16)12-15-13-21-23(2)14-15/h3,5-6,13-14,16-17H,4,7-12H2,1-2H3/t16-,17+/m1/s1. The molecule has 4 rings (SSSR count). The second kappa shape index (κ2) is 7.09. The van der Waals surface area contributed by atoms with Crippen LogP contribution in [-0.2, 0) is 13.5 Å². The third kappa shape index (κ3) is 3.52. The van der Waals surface area contributed by atoms with Crippen molar-refractivity contribution in [3.8, 4) is 0 Å². The summed E-state index contributed by atoms with van der Waals surface area (Å²) in [6.45, 7) is 5.62. The lowest BCUT2D eigenvalue weighted by Crippen LogP contribution is -2.53. The molecule has 25 heavy (non-hydrogen) atoms. The summed E-state index contributed by atoms with van der Waals surface area (Å²) >= 11 is 0. The van der Waals surface area contributed by atoms with Crippen molar-refractivity contribution >= 4 is 5.95 Å². The molecule has 4 heterocycles. The normalized spacial score (nSPS) is 25.6. The molecule has 2 saturated heterocycles. The summed E-state index contributed by atoms with van der Waals surface area (Å²) < 4.78 is 1.89. The topological polar surface area (TPSA) is 53.3 Å². The second-order valence-corrected chi connectivity index (χ2v) is 7.23. The second-order valence-electron chi connectivity index (χ2n) is 7.23. The molecule has 134 valence electrons. The average Bonchev–Trinajstić information content (AvgIpc) is 3.23. The van der Waals surface area contributed by atoms with Gasteiger partial charge in [0.1, 0.15) is 0 Å². The summed E-state index contributed by atoms with van der Waals surface area (Å²) in [6.07, 6.45) is 9.96. The Morgan fingerprint density at radius 2 is 1.80 bits per heavy atom. The quantitative estimate of drug-likeness (QED) is 0.814. The molecule has 0 radical (unpaired) electrons. The van der Waals surface area contributed by atoms with Crippen molar-refractivity contribution in [3.63, 3.8) is 0 Å². The van der Waals surface area contributed by atoms with E-state index in [1.807, 2.05) is 36.4 Å². The molecule has 0 N–H and O–H groups in total. The lowest BCUT2D eigenvalue weighted by atomic mass is 10.00. The third-order valence-corrected chi connectivity index (χ3v) is 5.53. The number of nitrogens with zero attached hydrogens (tertiary/aromatic N) is 7. The average molecular weight is 341 g/mol. The van der Waals surface area contributed by atoms with Gasteiger partial charge in [-0.25, -0.2) is 9.97 Å². The number of likely N-dealkylation sites (N-methyl/N-ethyl adjacent to an activating group) is 1. The van der Waals surface area contributed by atoms with Gasteiger partial charge in [-0.1, -0.05) is 0 Å². The van der Waals surface area contributed by atoms with Crippen LogP contribution in [0, 0.1) is 0 Å². The van der Waals surface area contributed by atoms with Crippen molar-refractivity contribution in [2.75, 3.05) is 44.7 Å². The maximum absolute atomic E-state index is 4.52. The summed E-state index contributed by atoms with van der Waals surface area (Å²) in [5.74, 6) is 0.855. The van der Waals surface area contributed by atoms with Crippen LogP contribution in [0.4, 0.5) is 5.95 Å². The zero-order valence-corrected chi connectivity index (χ0v) is 15.1. The highest BCUT2D eigenvalue weighted by Gasteiger charge is 2.39.